The minimum atomic E-state index is -1.13. The van der Waals surface area contributed by atoms with Crippen LogP contribution in [-0.2, 0) is 4.79 Å². The molecule has 0 bridgehead atoms. The summed E-state index contributed by atoms with van der Waals surface area (Å²) < 4.78 is 5.68. The van der Waals surface area contributed by atoms with E-state index in [1.165, 1.54) is 0 Å². The summed E-state index contributed by atoms with van der Waals surface area (Å²) in [5, 5.41) is 10.2. The average molecular weight is 451 g/mol. The molecule has 4 nitrogen and oxygen atoms in total. The number of allylic oxidation sites excluding steroid dienone is 1. The molecule has 1 heterocycles. The Balaban J connectivity index is 0.00000118. The average Bonchev–Trinajstić information content (AvgIpc) is 3.05. The van der Waals surface area contributed by atoms with E-state index in [1.54, 1.807) is 7.11 Å². The number of nitrogens with two attached hydrogens (primary N) is 1. The highest BCUT2D eigenvalue weighted by atomic mass is 35.5. The number of carbonyl (C=O) groups is 1. The number of nitrogens with zero attached hydrogens (tertiary/aromatic N) is 1. The van der Waals surface area contributed by atoms with Crippen molar-refractivity contribution < 1.29 is 9.53 Å². The van der Waals surface area contributed by atoms with E-state index >= 15 is 0 Å². The molecule has 168 valence electrons. The maximum atomic E-state index is 12.9. The van der Waals surface area contributed by atoms with Crippen LogP contribution in [0.5, 0.6) is 5.75 Å². The highest BCUT2D eigenvalue weighted by Crippen LogP contribution is 2.53. The molecule has 0 radical (unpaired) electrons. The maximum absolute atomic E-state index is 12.9. The first-order chi connectivity index (χ1) is 14.9. The van der Waals surface area contributed by atoms with Crippen LogP contribution in [-0.4, -0.2) is 25.0 Å². The zero-order chi connectivity index (χ0) is 22.8. The molecule has 2 aromatic rings. The van der Waals surface area contributed by atoms with E-state index in [9.17, 15) is 10.1 Å². The molecule has 0 amide bonds. The van der Waals surface area contributed by atoms with Gasteiger partial charge in [0.2, 0.25) is 0 Å². The lowest BCUT2D eigenvalue weighted by Gasteiger charge is -2.42. The van der Waals surface area contributed by atoms with Crippen molar-refractivity contribution in [3.63, 3.8) is 0 Å². The van der Waals surface area contributed by atoms with Crippen LogP contribution in [0.25, 0.3) is 0 Å². The van der Waals surface area contributed by atoms with Crippen molar-refractivity contribution in [1.29, 1.82) is 5.26 Å². The molecule has 2 aromatic carbocycles. The topological polar surface area (TPSA) is 76.1 Å². The van der Waals surface area contributed by atoms with Crippen LogP contribution in [0.3, 0.4) is 0 Å². The van der Waals surface area contributed by atoms with Gasteiger partial charge in [0, 0.05) is 22.5 Å². The van der Waals surface area contributed by atoms with Crippen molar-refractivity contribution in [3.05, 3.63) is 76.3 Å². The molecule has 4 atom stereocenters. The van der Waals surface area contributed by atoms with Gasteiger partial charge in [-0.3, -0.25) is 0 Å². The standard InChI is InChI=1S/C23H22BClN2O2.C2H6.CH4/c1-14-3-8-17(20(11-14)29-2)18-9-10-23(27)19(12-24(13-26)22(23)28)21(18)15-4-6-16(25)7-5-15;1-2;/h3-11,18-19,21H,12,27H2,1-2H3;1-2H3;1H4. The normalized spacial score (nSPS) is 25.7. The molecule has 0 saturated carbocycles. The van der Waals surface area contributed by atoms with Crippen LogP contribution < -0.4 is 10.5 Å². The number of nitriles is 1. The van der Waals surface area contributed by atoms with Crippen molar-refractivity contribution in [1.82, 2.24) is 0 Å². The van der Waals surface area contributed by atoms with Gasteiger partial charge in [-0.2, -0.15) is 0 Å². The number of benzene rings is 2. The van der Waals surface area contributed by atoms with Gasteiger partial charge in [0.25, 0.3) is 0 Å². The smallest absolute Gasteiger partial charge is 0.347 e. The third-order valence-corrected chi connectivity index (χ3v) is 6.66. The molecular formula is C26H32BClN2O2. The summed E-state index contributed by atoms with van der Waals surface area (Å²) in [6.45, 7) is 5.35. The third-order valence-electron chi connectivity index (χ3n) is 6.41. The van der Waals surface area contributed by atoms with E-state index in [2.05, 4.69) is 18.1 Å². The lowest BCUT2D eigenvalue weighted by molar-refractivity contribution is -0.116. The zero-order valence-corrected chi connectivity index (χ0v) is 19.2. The van der Waals surface area contributed by atoms with Gasteiger partial charge in [-0.25, -0.2) is 5.26 Å². The minimum Gasteiger partial charge on any atom is -0.496 e. The van der Waals surface area contributed by atoms with Gasteiger partial charge in [0.05, 0.1) is 12.6 Å². The van der Waals surface area contributed by atoms with Crippen LogP contribution in [0.4, 0.5) is 0 Å². The molecule has 2 aliphatic rings. The quantitative estimate of drug-likeness (QED) is 0.477. The summed E-state index contributed by atoms with van der Waals surface area (Å²) in [7, 11) is 1.67. The van der Waals surface area contributed by atoms with Crippen molar-refractivity contribution >= 4 is 24.0 Å². The molecule has 1 aliphatic heterocycles. The summed E-state index contributed by atoms with van der Waals surface area (Å²) in [6, 6.07) is 13.9. The predicted molar refractivity (Wildman–Crippen MR) is 133 cm³/mol. The highest BCUT2D eigenvalue weighted by molar-refractivity contribution is 6.98. The summed E-state index contributed by atoms with van der Waals surface area (Å²) >= 11 is 6.12. The van der Waals surface area contributed by atoms with Crippen LogP contribution in [0.1, 0.15) is 49.8 Å². The molecule has 0 aromatic heterocycles. The van der Waals surface area contributed by atoms with Crippen LogP contribution in [0.2, 0.25) is 11.3 Å². The Hall–Kier alpha value is -2.55. The lowest BCUT2D eigenvalue weighted by Crippen LogP contribution is -2.53. The van der Waals surface area contributed by atoms with Gasteiger partial charge in [0.15, 0.2) is 0 Å². The Kier molecular flexibility index (Phi) is 8.34. The second-order valence-corrected chi connectivity index (χ2v) is 8.47. The fourth-order valence-electron chi connectivity index (χ4n) is 4.95. The van der Waals surface area contributed by atoms with Crippen LogP contribution in [0.15, 0.2) is 54.6 Å². The van der Waals surface area contributed by atoms with E-state index < -0.39 is 12.3 Å². The zero-order valence-electron chi connectivity index (χ0n) is 18.4. The van der Waals surface area contributed by atoms with Gasteiger partial charge < -0.3 is 15.3 Å². The van der Waals surface area contributed by atoms with Crippen LogP contribution >= 0.6 is 11.6 Å². The second-order valence-electron chi connectivity index (χ2n) is 8.03. The molecule has 4 rings (SSSR count). The molecule has 4 unspecified atom stereocenters. The fourth-order valence-corrected chi connectivity index (χ4v) is 5.08. The van der Waals surface area contributed by atoms with Crippen LogP contribution in [0, 0.1) is 24.1 Å². The molecule has 1 aliphatic carbocycles. The number of methoxy groups -OCH3 is 1. The number of halogens is 1. The van der Waals surface area contributed by atoms with Crippen molar-refractivity contribution in [2.75, 3.05) is 7.11 Å². The molecule has 1 saturated heterocycles. The predicted octanol–water partition coefficient (Wildman–Crippen LogP) is 5.75. The summed E-state index contributed by atoms with van der Waals surface area (Å²) in [5.74, 6) is 2.69. The Labute approximate surface area is 197 Å². The number of hydrogen-bond acceptors (Lipinski definition) is 4. The summed E-state index contributed by atoms with van der Waals surface area (Å²) in [4.78, 5) is 12.9. The Morgan fingerprint density at radius 1 is 1.22 bits per heavy atom. The first-order valence-corrected chi connectivity index (χ1v) is 11.1. The second kappa shape index (κ2) is 10.4. The fraction of sp³-hybridized carbons (Fsp3) is 0.385. The third kappa shape index (κ3) is 4.35. The van der Waals surface area contributed by atoms with Gasteiger partial charge in [-0.1, -0.05) is 69.3 Å². The van der Waals surface area contributed by atoms with E-state index in [1.807, 2.05) is 63.3 Å². The maximum Gasteiger partial charge on any atom is 0.347 e. The number of carbonyl (C=O) groups excluding carboxylic acids is 1. The van der Waals surface area contributed by atoms with E-state index in [4.69, 9.17) is 22.1 Å². The van der Waals surface area contributed by atoms with E-state index in [0.29, 0.717) is 11.3 Å². The first-order valence-electron chi connectivity index (χ1n) is 10.7. The first kappa shape index (κ1) is 25.7. The van der Waals surface area contributed by atoms with Crippen molar-refractivity contribution in [3.8, 4) is 11.7 Å². The van der Waals surface area contributed by atoms with Gasteiger partial charge in [-0.15, -0.1) is 0 Å². The minimum absolute atomic E-state index is 0. The SMILES string of the molecule is C.CC.COc1cc(C)ccc1C1C=CC2(N)C(=O)B(C#N)CC2C1c1ccc(Cl)cc1. The molecule has 2 N–H and O–H groups in total. The molecule has 1 fully saturated rings. The van der Waals surface area contributed by atoms with E-state index in [0.717, 1.165) is 22.4 Å². The number of aryl methyl sites for hydroxylation is 1. The summed E-state index contributed by atoms with van der Waals surface area (Å²) in [5.41, 5.74) is 8.52. The van der Waals surface area contributed by atoms with Crippen molar-refractivity contribution in [2.45, 2.75) is 51.9 Å². The van der Waals surface area contributed by atoms with Gasteiger partial charge in [0.1, 0.15) is 11.4 Å². The Bertz CT molecular complexity index is 1030. The van der Waals surface area contributed by atoms with Gasteiger partial charge in [-0.05, 0) is 54.4 Å². The number of hydrogen-bond donors (Lipinski definition) is 1. The highest BCUT2D eigenvalue weighted by Gasteiger charge is 2.58. The number of rotatable bonds is 3. The largest absolute Gasteiger partial charge is 0.496 e. The molecular weight excluding hydrogens is 419 g/mol. The Morgan fingerprint density at radius 2 is 1.88 bits per heavy atom. The molecule has 0 spiro atoms. The summed E-state index contributed by atoms with van der Waals surface area (Å²) in [6.07, 6.45) is 4.28. The van der Waals surface area contributed by atoms with E-state index in [-0.39, 0.29) is 30.9 Å². The number of ether oxygens (including phenoxy) is 1. The molecule has 32 heavy (non-hydrogen) atoms. The monoisotopic (exact) mass is 450 g/mol. The Morgan fingerprint density at radius 3 is 2.47 bits per heavy atom. The van der Waals surface area contributed by atoms with Gasteiger partial charge >= 0.3 is 6.71 Å². The molecule has 6 heteroatoms. The van der Waals surface area contributed by atoms with Crippen molar-refractivity contribution in [2.24, 2.45) is 11.7 Å². The lowest BCUT2D eigenvalue weighted by atomic mass is 9.48. The number of fused-ring (bicyclic) bond motifs is 1.